The minimum Gasteiger partial charge on any atom is -0.491 e. The van der Waals surface area contributed by atoms with Crippen LogP contribution >= 0.6 is 0 Å². The van der Waals surface area contributed by atoms with Gasteiger partial charge in [-0.15, -0.1) is 0 Å². The van der Waals surface area contributed by atoms with Crippen molar-refractivity contribution in [2.45, 2.75) is 6.10 Å². The number of anilines is 1. The molecule has 2 aromatic rings. The SMILES string of the molecule is O=[N+]([O-])c1ccccc1NC[C@H](O)COc1ccc(F)cc1. The van der Waals surface area contributed by atoms with Gasteiger partial charge in [-0.05, 0) is 30.3 Å². The highest BCUT2D eigenvalue weighted by molar-refractivity contribution is 5.61. The van der Waals surface area contributed by atoms with Gasteiger partial charge in [0, 0.05) is 12.6 Å². The lowest BCUT2D eigenvalue weighted by atomic mass is 10.2. The minimum atomic E-state index is -0.870. The van der Waals surface area contributed by atoms with Crippen molar-refractivity contribution >= 4 is 11.4 Å². The van der Waals surface area contributed by atoms with Crippen molar-refractivity contribution < 1.29 is 19.2 Å². The van der Waals surface area contributed by atoms with E-state index >= 15 is 0 Å². The molecule has 0 aromatic heterocycles. The molecule has 0 amide bonds. The monoisotopic (exact) mass is 306 g/mol. The first kappa shape index (κ1) is 15.7. The Hall–Kier alpha value is -2.67. The van der Waals surface area contributed by atoms with E-state index in [0.29, 0.717) is 11.4 Å². The number of aliphatic hydroxyl groups is 1. The first-order valence-corrected chi connectivity index (χ1v) is 6.60. The van der Waals surface area contributed by atoms with Gasteiger partial charge >= 0.3 is 0 Å². The van der Waals surface area contributed by atoms with E-state index in [1.165, 1.54) is 30.3 Å². The third-order valence-electron chi connectivity index (χ3n) is 2.88. The van der Waals surface area contributed by atoms with E-state index in [2.05, 4.69) is 5.32 Å². The summed E-state index contributed by atoms with van der Waals surface area (Å²) in [7, 11) is 0. The van der Waals surface area contributed by atoms with Crippen LogP contribution in [0.5, 0.6) is 5.75 Å². The highest BCUT2D eigenvalue weighted by atomic mass is 19.1. The van der Waals surface area contributed by atoms with Gasteiger partial charge in [-0.3, -0.25) is 10.1 Å². The van der Waals surface area contributed by atoms with Crippen molar-refractivity contribution in [3.63, 3.8) is 0 Å². The summed E-state index contributed by atoms with van der Waals surface area (Å²) in [6, 6.07) is 11.6. The number of benzene rings is 2. The van der Waals surface area contributed by atoms with Crippen LogP contribution in [0, 0.1) is 15.9 Å². The summed E-state index contributed by atoms with van der Waals surface area (Å²) in [5, 5.41) is 23.5. The van der Waals surface area contributed by atoms with Crippen molar-refractivity contribution in [2.75, 3.05) is 18.5 Å². The summed E-state index contributed by atoms with van der Waals surface area (Å²) < 4.78 is 18.0. The summed E-state index contributed by atoms with van der Waals surface area (Å²) in [5.41, 5.74) is 0.266. The standard InChI is InChI=1S/C15H15FN2O4/c16-11-5-7-13(8-6-11)22-10-12(19)9-17-14-3-1-2-4-15(14)18(20)21/h1-8,12,17,19H,9-10H2/t12-/m0/s1. The van der Waals surface area contributed by atoms with Crippen LogP contribution in [0.25, 0.3) is 0 Å². The van der Waals surface area contributed by atoms with Crippen LogP contribution in [0.2, 0.25) is 0 Å². The second kappa shape index (κ2) is 7.37. The quantitative estimate of drug-likeness (QED) is 0.606. The van der Waals surface area contributed by atoms with E-state index in [-0.39, 0.29) is 24.7 Å². The predicted octanol–water partition coefficient (Wildman–Crippen LogP) is 2.59. The molecule has 2 rings (SSSR count). The molecule has 0 fully saturated rings. The van der Waals surface area contributed by atoms with Crippen LogP contribution in [0.4, 0.5) is 15.8 Å². The molecule has 0 radical (unpaired) electrons. The van der Waals surface area contributed by atoms with E-state index in [9.17, 15) is 19.6 Å². The number of nitro benzene ring substituents is 1. The Morgan fingerprint density at radius 1 is 1.23 bits per heavy atom. The molecule has 2 aromatic carbocycles. The fraction of sp³-hybridized carbons (Fsp3) is 0.200. The summed E-state index contributed by atoms with van der Waals surface area (Å²) >= 11 is 0. The molecule has 1 atom stereocenters. The van der Waals surface area contributed by atoms with E-state index < -0.39 is 11.0 Å². The number of nitrogens with zero attached hydrogens (tertiary/aromatic N) is 1. The second-order valence-corrected chi connectivity index (χ2v) is 4.57. The van der Waals surface area contributed by atoms with Crippen LogP contribution in [-0.2, 0) is 0 Å². The van der Waals surface area contributed by atoms with E-state index in [1.807, 2.05) is 0 Å². The molecular formula is C15H15FN2O4. The normalized spacial score (nSPS) is 11.7. The number of ether oxygens (including phenoxy) is 1. The van der Waals surface area contributed by atoms with Gasteiger partial charge < -0.3 is 15.2 Å². The molecule has 0 heterocycles. The number of nitrogens with one attached hydrogen (secondary N) is 1. The summed E-state index contributed by atoms with van der Waals surface area (Å²) in [4.78, 5) is 10.4. The molecule has 0 saturated heterocycles. The number of rotatable bonds is 7. The van der Waals surface area contributed by atoms with Crippen LogP contribution in [0.15, 0.2) is 48.5 Å². The fourth-order valence-electron chi connectivity index (χ4n) is 1.79. The number of aliphatic hydroxyl groups excluding tert-OH is 1. The average molecular weight is 306 g/mol. The van der Waals surface area contributed by atoms with Gasteiger partial charge in [0.1, 0.15) is 30.0 Å². The molecule has 0 aliphatic carbocycles. The van der Waals surface area contributed by atoms with Gasteiger partial charge in [-0.2, -0.15) is 0 Å². The molecule has 6 nitrogen and oxygen atoms in total. The van der Waals surface area contributed by atoms with Crippen LogP contribution < -0.4 is 10.1 Å². The molecule has 116 valence electrons. The Labute approximate surface area is 126 Å². The lowest BCUT2D eigenvalue weighted by Crippen LogP contribution is -2.26. The third-order valence-corrected chi connectivity index (χ3v) is 2.88. The van der Waals surface area contributed by atoms with E-state index in [0.717, 1.165) is 0 Å². The summed E-state index contributed by atoms with van der Waals surface area (Å²) in [6.45, 7) is 0.0747. The number of nitro groups is 1. The van der Waals surface area contributed by atoms with Crippen molar-refractivity contribution in [3.8, 4) is 5.75 Å². The zero-order valence-corrected chi connectivity index (χ0v) is 11.6. The summed E-state index contributed by atoms with van der Waals surface area (Å²) in [5.74, 6) is 0.0668. The molecule has 7 heteroatoms. The zero-order valence-electron chi connectivity index (χ0n) is 11.6. The molecule has 0 aliphatic rings. The Morgan fingerprint density at radius 3 is 2.59 bits per heavy atom. The lowest BCUT2D eigenvalue weighted by Gasteiger charge is -2.14. The molecule has 2 N–H and O–H groups in total. The number of halogens is 1. The van der Waals surface area contributed by atoms with E-state index in [4.69, 9.17) is 4.74 Å². The minimum absolute atomic E-state index is 0.0146. The first-order chi connectivity index (χ1) is 10.6. The van der Waals surface area contributed by atoms with Gasteiger partial charge in [-0.1, -0.05) is 12.1 Å². The van der Waals surface area contributed by atoms with Crippen LogP contribution in [0.3, 0.4) is 0 Å². The lowest BCUT2D eigenvalue weighted by molar-refractivity contribution is -0.384. The van der Waals surface area contributed by atoms with Crippen LogP contribution in [0.1, 0.15) is 0 Å². The van der Waals surface area contributed by atoms with Crippen molar-refractivity contribution in [1.29, 1.82) is 0 Å². The van der Waals surface area contributed by atoms with Crippen LogP contribution in [-0.4, -0.2) is 29.3 Å². The third kappa shape index (κ3) is 4.42. The summed E-state index contributed by atoms with van der Waals surface area (Å²) in [6.07, 6.45) is -0.870. The molecule has 0 saturated carbocycles. The van der Waals surface area contributed by atoms with Gasteiger partial charge in [0.25, 0.3) is 5.69 Å². The maximum atomic E-state index is 12.7. The zero-order chi connectivity index (χ0) is 15.9. The number of hydrogen-bond acceptors (Lipinski definition) is 5. The maximum Gasteiger partial charge on any atom is 0.292 e. The fourth-order valence-corrected chi connectivity index (χ4v) is 1.79. The highest BCUT2D eigenvalue weighted by Crippen LogP contribution is 2.22. The molecule has 22 heavy (non-hydrogen) atoms. The van der Waals surface area contributed by atoms with Gasteiger partial charge in [0.2, 0.25) is 0 Å². The maximum absolute atomic E-state index is 12.7. The first-order valence-electron chi connectivity index (χ1n) is 6.60. The highest BCUT2D eigenvalue weighted by Gasteiger charge is 2.13. The Balaban J connectivity index is 1.84. The average Bonchev–Trinajstić information content (AvgIpc) is 2.52. The molecular weight excluding hydrogens is 291 g/mol. The molecule has 0 unspecified atom stereocenters. The second-order valence-electron chi connectivity index (χ2n) is 4.57. The van der Waals surface area contributed by atoms with Crippen molar-refractivity contribution in [3.05, 3.63) is 64.5 Å². The Bertz CT molecular complexity index is 634. The topological polar surface area (TPSA) is 84.6 Å². The van der Waals surface area contributed by atoms with Gasteiger partial charge in [-0.25, -0.2) is 4.39 Å². The molecule has 0 spiro atoms. The van der Waals surface area contributed by atoms with Gasteiger partial charge in [0.15, 0.2) is 0 Å². The smallest absolute Gasteiger partial charge is 0.292 e. The Morgan fingerprint density at radius 2 is 1.91 bits per heavy atom. The number of para-hydroxylation sites is 2. The Kier molecular flexibility index (Phi) is 5.26. The molecule has 0 aliphatic heterocycles. The largest absolute Gasteiger partial charge is 0.491 e. The molecule has 0 bridgehead atoms. The van der Waals surface area contributed by atoms with Crippen molar-refractivity contribution in [1.82, 2.24) is 0 Å². The van der Waals surface area contributed by atoms with Crippen molar-refractivity contribution in [2.24, 2.45) is 0 Å². The number of hydrogen-bond donors (Lipinski definition) is 2. The van der Waals surface area contributed by atoms with E-state index in [1.54, 1.807) is 18.2 Å². The van der Waals surface area contributed by atoms with Gasteiger partial charge in [0.05, 0.1) is 4.92 Å². The predicted molar refractivity (Wildman–Crippen MR) is 79.5 cm³/mol.